The average Bonchev–Trinajstić information content (AvgIpc) is 2.28. The van der Waals surface area contributed by atoms with Crippen molar-refractivity contribution < 1.29 is 14.7 Å². The predicted octanol–water partition coefficient (Wildman–Crippen LogP) is 0.997. The van der Waals surface area contributed by atoms with Gasteiger partial charge in [-0.25, -0.2) is 9.59 Å². The third kappa shape index (κ3) is 6.24. The molecule has 0 bridgehead atoms. The van der Waals surface area contributed by atoms with E-state index in [-0.39, 0.29) is 18.5 Å². The fourth-order valence-electron chi connectivity index (χ4n) is 1.90. The van der Waals surface area contributed by atoms with Gasteiger partial charge in [-0.05, 0) is 34.4 Å². The molecular weight excluding hydrogens is 246 g/mol. The van der Waals surface area contributed by atoms with Crippen LogP contribution in [0.5, 0.6) is 0 Å². The van der Waals surface area contributed by atoms with E-state index in [1.54, 1.807) is 4.90 Å². The van der Waals surface area contributed by atoms with Crippen molar-refractivity contribution in [2.45, 2.75) is 32.4 Å². The molecule has 0 aliphatic carbocycles. The fraction of sp³-hybridized carbons (Fsp3) is 0.692. The van der Waals surface area contributed by atoms with Gasteiger partial charge in [0.2, 0.25) is 0 Å². The quantitative estimate of drug-likeness (QED) is 0.646. The fourth-order valence-corrected chi connectivity index (χ4v) is 1.90. The van der Waals surface area contributed by atoms with Gasteiger partial charge in [-0.1, -0.05) is 6.08 Å². The summed E-state index contributed by atoms with van der Waals surface area (Å²) in [6.45, 7) is 8.55. The number of nitrogens with zero attached hydrogens (tertiary/aromatic N) is 2. The Kier molecular flexibility index (Phi) is 7.83. The summed E-state index contributed by atoms with van der Waals surface area (Å²) in [4.78, 5) is 26.7. The molecule has 19 heavy (non-hydrogen) atoms. The molecule has 2 N–H and O–H groups in total. The highest BCUT2D eigenvalue weighted by Gasteiger charge is 2.24. The second-order valence-electron chi connectivity index (χ2n) is 4.76. The number of urea groups is 1. The van der Waals surface area contributed by atoms with Gasteiger partial charge in [-0.3, -0.25) is 0 Å². The minimum atomic E-state index is -1.05. The van der Waals surface area contributed by atoms with Crippen molar-refractivity contribution in [3.8, 4) is 0 Å². The first-order chi connectivity index (χ1) is 8.83. The number of hydrogen-bond donors (Lipinski definition) is 2. The summed E-state index contributed by atoms with van der Waals surface area (Å²) in [5.74, 6) is -1.05. The maximum atomic E-state index is 12.1. The van der Waals surface area contributed by atoms with E-state index >= 15 is 0 Å². The Hall–Kier alpha value is -1.56. The minimum absolute atomic E-state index is 0.0122. The van der Waals surface area contributed by atoms with Gasteiger partial charge in [0.1, 0.15) is 6.04 Å². The Morgan fingerprint density at radius 3 is 2.37 bits per heavy atom. The largest absolute Gasteiger partial charge is 0.480 e. The van der Waals surface area contributed by atoms with Crippen molar-refractivity contribution in [3.63, 3.8) is 0 Å². The molecule has 2 amide bonds. The van der Waals surface area contributed by atoms with Gasteiger partial charge in [-0.2, -0.15) is 0 Å². The van der Waals surface area contributed by atoms with Gasteiger partial charge in [0.25, 0.3) is 0 Å². The predicted molar refractivity (Wildman–Crippen MR) is 75.2 cm³/mol. The topological polar surface area (TPSA) is 72.9 Å². The van der Waals surface area contributed by atoms with E-state index in [2.05, 4.69) is 11.9 Å². The number of nitrogens with one attached hydrogen (secondary N) is 1. The number of carboxylic acid groups (broad SMARTS) is 1. The average molecular weight is 271 g/mol. The Morgan fingerprint density at radius 2 is 2.00 bits per heavy atom. The van der Waals surface area contributed by atoms with E-state index < -0.39 is 12.0 Å². The summed E-state index contributed by atoms with van der Waals surface area (Å²) in [7, 11) is 3.86. The number of aliphatic carboxylic acids is 1. The van der Waals surface area contributed by atoms with Gasteiger partial charge < -0.3 is 20.2 Å². The van der Waals surface area contributed by atoms with Crippen LogP contribution in [0.15, 0.2) is 12.7 Å². The molecule has 0 saturated heterocycles. The number of amides is 2. The normalized spacial score (nSPS) is 13.7. The van der Waals surface area contributed by atoms with E-state index in [0.29, 0.717) is 6.54 Å². The summed E-state index contributed by atoms with van der Waals surface area (Å²) < 4.78 is 0. The van der Waals surface area contributed by atoms with Gasteiger partial charge in [0, 0.05) is 19.1 Å². The van der Waals surface area contributed by atoms with E-state index in [4.69, 9.17) is 5.11 Å². The molecule has 0 heterocycles. The summed E-state index contributed by atoms with van der Waals surface area (Å²) in [5.41, 5.74) is 0. The maximum absolute atomic E-state index is 12.1. The number of carbonyl (C=O) groups is 2. The van der Waals surface area contributed by atoms with Crippen molar-refractivity contribution in [3.05, 3.63) is 12.7 Å². The molecule has 0 rings (SSSR count). The number of carboxylic acids is 1. The summed E-state index contributed by atoms with van der Waals surface area (Å²) >= 11 is 0. The van der Waals surface area contributed by atoms with E-state index in [0.717, 1.165) is 6.54 Å². The number of hydrogen-bond acceptors (Lipinski definition) is 3. The van der Waals surface area contributed by atoms with Crippen molar-refractivity contribution in [2.75, 3.05) is 27.2 Å². The van der Waals surface area contributed by atoms with Crippen LogP contribution in [-0.4, -0.2) is 66.2 Å². The Labute approximate surface area is 115 Å². The van der Waals surface area contributed by atoms with E-state index in [1.807, 2.05) is 32.8 Å². The van der Waals surface area contributed by atoms with Gasteiger partial charge in [0.05, 0.1) is 0 Å². The molecule has 0 saturated carbocycles. The highest BCUT2D eigenvalue weighted by Crippen LogP contribution is 2.03. The first-order valence-corrected chi connectivity index (χ1v) is 6.39. The molecule has 0 aliphatic heterocycles. The van der Waals surface area contributed by atoms with Crippen LogP contribution in [0.4, 0.5) is 4.79 Å². The van der Waals surface area contributed by atoms with Crippen LogP contribution < -0.4 is 5.32 Å². The van der Waals surface area contributed by atoms with Crippen LogP contribution in [0, 0.1) is 0 Å². The highest BCUT2D eigenvalue weighted by molar-refractivity contribution is 5.82. The van der Waals surface area contributed by atoms with Crippen LogP contribution in [-0.2, 0) is 4.79 Å². The first kappa shape index (κ1) is 17.4. The summed E-state index contributed by atoms with van der Waals surface area (Å²) in [5, 5.41) is 11.5. The lowest BCUT2D eigenvalue weighted by Gasteiger charge is -2.31. The van der Waals surface area contributed by atoms with Gasteiger partial charge in [-0.15, -0.1) is 6.58 Å². The van der Waals surface area contributed by atoms with Crippen LogP contribution in [0.2, 0.25) is 0 Å². The molecule has 110 valence electrons. The van der Waals surface area contributed by atoms with Crippen LogP contribution >= 0.6 is 0 Å². The summed E-state index contributed by atoms with van der Waals surface area (Å²) in [6.07, 6.45) is 1.69. The van der Waals surface area contributed by atoms with Crippen LogP contribution in [0.3, 0.4) is 0 Å². The second-order valence-corrected chi connectivity index (χ2v) is 4.76. The first-order valence-electron chi connectivity index (χ1n) is 6.39. The highest BCUT2D eigenvalue weighted by atomic mass is 16.4. The molecule has 0 aromatic rings. The van der Waals surface area contributed by atoms with Crippen LogP contribution in [0.1, 0.15) is 20.3 Å². The van der Waals surface area contributed by atoms with Crippen molar-refractivity contribution >= 4 is 12.0 Å². The molecule has 0 aromatic carbocycles. The molecule has 0 aliphatic rings. The Morgan fingerprint density at radius 1 is 1.42 bits per heavy atom. The maximum Gasteiger partial charge on any atom is 0.326 e. The van der Waals surface area contributed by atoms with E-state index in [1.165, 1.54) is 6.08 Å². The van der Waals surface area contributed by atoms with Crippen molar-refractivity contribution in [1.82, 2.24) is 15.1 Å². The third-order valence-electron chi connectivity index (χ3n) is 2.76. The Balaban J connectivity index is 4.65. The van der Waals surface area contributed by atoms with Crippen molar-refractivity contribution in [1.29, 1.82) is 0 Å². The zero-order valence-corrected chi connectivity index (χ0v) is 12.2. The van der Waals surface area contributed by atoms with E-state index in [9.17, 15) is 9.59 Å². The van der Waals surface area contributed by atoms with Gasteiger partial charge in [0.15, 0.2) is 0 Å². The second kappa shape index (κ2) is 8.53. The SMILES string of the molecule is C=CCC(NC(=O)N(CC)C(C)CN(C)C)C(=O)O. The molecule has 0 spiro atoms. The number of likely N-dealkylation sites (N-methyl/N-ethyl adjacent to an activating group) is 2. The standard InChI is InChI=1S/C13H25N3O3/c1-6-8-11(12(17)18)14-13(19)16(7-2)10(3)9-15(4)5/h6,10-11H,1,7-9H2,2-5H3,(H,14,19)(H,17,18). The molecule has 0 radical (unpaired) electrons. The molecule has 2 atom stereocenters. The van der Waals surface area contributed by atoms with Crippen LogP contribution in [0.25, 0.3) is 0 Å². The zero-order valence-electron chi connectivity index (χ0n) is 12.2. The Bertz CT molecular complexity index is 318. The third-order valence-corrected chi connectivity index (χ3v) is 2.76. The lowest BCUT2D eigenvalue weighted by Crippen LogP contribution is -2.52. The zero-order chi connectivity index (χ0) is 15.0. The smallest absolute Gasteiger partial charge is 0.326 e. The molecule has 0 aromatic heterocycles. The minimum Gasteiger partial charge on any atom is -0.480 e. The lowest BCUT2D eigenvalue weighted by atomic mass is 10.2. The molecule has 6 nitrogen and oxygen atoms in total. The monoisotopic (exact) mass is 271 g/mol. The van der Waals surface area contributed by atoms with Crippen molar-refractivity contribution in [2.24, 2.45) is 0 Å². The molecule has 0 fully saturated rings. The number of rotatable bonds is 8. The molecule has 2 unspecified atom stereocenters. The van der Waals surface area contributed by atoms with Gasteiger partial charge >= 0.3 is 12.0 Å². The summed E-state index contributed by atoms with van der Waals surface area (Å²) in [6, 6.07) is -1.27. The molecule has 6 heteroatoms. The number of carbonyl (C=O) groups excluding carboxylic acids is 1. The molecular formula is C13H25N3O3. The lowest BCUT2D eigenvalue weighted by molar-refractivity contribution is -0.139.